The highest BCUT2D eigenvalue weighted by molar-refractivity contribution is 5.62. The summed E-state index contributed by atoms with van der Waals surface area (Å²) in [4.78, 5) is 3.98. The molecule has 1 aromatic heterocycles. The number of hydrogen-bond donors (Lipinski definition) is 0. The molecule has 2 aromatic rings. The Morgan fingerprint density at radius 3 is 2.22 bits per heavy atom. The van der Waals surface area contributed by atoms with Crippen molar-refractivity contribution < 1.29 is 0 Å². The maximum absolute atomic E-state index is 3.98. The molecule has 0 bridgehead atoms. The van der Waals surface area contributed by atoms with Gasteiger partial charge < -0.3 is 0 Å². The maximum atomic E-state index is 3.98. The van der Waals surface area contributed by atoms with Crippen LogP contribution in [0, 0.1) is 0 Å². The van der Waals surface area contributed by atoms with Crippen LogP contribution < -0.4 is 0 Å². The van der Waals surface area contributed by atoms with Gasteiger partial charge in [-0.05, 0) is 35.8 Å². The summed E-state index contributed by atoms with van der Waals surface area (Å²) in [5, 5.41) is 0. The minimum atomic E-state index is 0.924. The van der Waals surface area contributed by atoms with Crippen LogP contribution in [0.1, 0.15) is 24.6 Å². The molecule has 0 aliphatic heterocycles. The summed E-state index contributed by atoms with van der Waals surface area (Å²) in [6.07, 6.45) is 4.50. The average molecular weight is 237 g/mol. The zero-order valence-corrected chi connectivity index (χ0v) is 10.8. The lowest BCUT2D eigenvalue weighted by atomic mass is 10.1. The molecule has 1 heteroatoms. The molecule has 0 spiro atoms. The first kappa shape index (κ1) is 13.9. The van der Waals surface area contributed by atoms with E-state index in [1.165, 1.54) is 11.1 Å². The summed E-state index contributed by atoms with van der Waals surface area (Å²) in [7, 11) is 0. The molecule has 0 unspecified atom stereocenters. The number of nitrogens with zero attached hydrogens (tertiary/aromatic N) is 1. The van der Waals surface area contributed by atoms with Crippen molar-refractivity contribution in [2.45, 2.75) is 13.3 Å². The number of rotatable bonds is 3. The van der Waals surface area contributed by atoms with Crippen LogP contribution in [0.2, 0.25) is 0 Å². The van der Waals surface area contributed by atoms with Crippen LogP contribution in [-0.2, 0) is 0 Å². The Morgan fingerprint density at radius 2 is 1.78 bits per heavy atom. The lowest BCUT2D eigenvalue weighted by Gasteiger charge is -1.99. The fraction of sp³-hybridized carbons (Fsp3) is 0.118. The molecule has 0 aliphatic carbocycles. The fourth-order valence-corrected chi connectivity index (χ4v) is 1.37. The van der Waals surface area contributed by atoms with Crippen LogP contribution in [0.25, 0.3) is 11.6 Å². The Morgan fingerprint density at radius 1 is 1.11 bits per heavy atom. The molecular formula is C17H19N. The third kappa shape index (κ3) is 4.79. The van der Waals surface area contributed by atoms with E-state index in [0.717, 1.165) is 12.1 Å². The van der Waals surface area contributed by atoms with Crippen molar-refractivity contribution in [1.82, 2.24) is 4.98 Å². The maximum Gasteiger partial charge on any atom is 0.0623 e. The van der Waals surface area contributed by atoms with Gasteiger partial charge >= 0.3 is 0 Å². The lowest BCUT2D eigenvalue weighted by Crippen LogP contribution is -1.77. The molecule has 1 heterocycles. The van der Waals surface area contributed by atoms with Crippen molar-refractivity contribution in [3.63, 3.8) is 0 Å². The summed E-state index contributed by atoms with van der Waals surface area (Å²) < 4.78 is 0. The standard InChI is InChI=1S/C10H12.C7H7N/c1-3-9(2)10-7-5-4-6-8-10;1-2-7-5-3-4-6-8-7/h4-8H,2-3H2,1H3;2-6H,1H2. The molecule has 0 N–H and O–H groups in total. The Balaban J connectivity index is 0.000000184. The first-order valence-corrected chi connectivity index (χ1v) is 6.04. The van der Waals surface area contributed by atoms with Crippen molar-refractivity contribution in [3.05, 3.63) is 79.1 Å². The molecule has 1 nitrogen and oxygen atoms in total. The Labute approximate surface area is 110 Å². The van der Waals surface area contributed by atoms with Gasteiger partial charge in [0.1, 0.15) is 0 Å². The highest BCUT2D eigenvalue weighted by Gasteiger charge is 1.91. The molecule has 2 rings (SSSR count). The molecule has 0 saturated carbocycles. The van der Waals surface area contributed by atoms with Crippen LogP contribution in [0.15, 0.2) is 67.9 Å². The monoisotopic (exact) mass is 237 g/mol. The normalized spacial score (nSPS) is 8.94. The van der Waals surface area contributed by atoms with Gasteiger partial charge in [0, 0.05) is 6.20 Å². The van der Waals surface area contributed by atoms with E-state index in [2.05, 4.69) is 37.2 Å². The van der Waals surface area contributed by atoms with Gasteiger partial charge in [-0.25, -0.2) is 0 Å². The molecule has 0 atom stereocenters. The Kier molecular flexibility index (Phi) is 6.20. The van der Waals surface area contributed by atoms with Crippen molar-refractivity contribution in [1.29, 1.82) is 0 Å². The smallest absolute Gasteiger partial charge is 0.0623 e. The third-order valence-electron chi connectivity index (χ3n) is 2.51. The van der Waals surface area contributed by atoms with Gasteiger partial charge in [0.2, 0.25) is 0 Å². The predicted octanol–water partition coefficient (Wildman–Crippen LogP) is 4.83. The van der Waals surface area contributed by atoms with Crippen molar-refractivity contribution in [2.75, 3.05) is 0 Å². The molecule has 18 heavy (non-hydrogen) atoms. The minimum Gasteiger partial charge on any atom is -0.257 e. The zero-order valence-electron chi connectivity index (χ0n) is 10.8. The largest absolute Gasteiger partial charge is 0.257 e. The molecule has 0 fully saturated rings. The second-order valence-corrected chi connectivity index (χ2v) is 3.78. The molecule has 92 valence electrons. The zero-order chi connectivity index (χ0) is 13.2. The summed E-state index contributed by atoms with van der Waals surface area (Å²) >= 11 is 0. The van der Waals surface area contributed by atoms with Crippen molar-refractivity contribution in [2.24, 2.45) is 0 Å². The van der Waals surface area contributed by atoms with E-state index in [1.54, 1.807) is 12.3 Å². The van der Waals surface area contributed by atoms with Gasteiger partial charge in [-0.1, -0.05) is 56.5 Å². The van der Waals surface area contributed by atoms with Crippen LogP contribution >= 0.6 is 0 Å². The van der Waals surface area contributed by atoms with E-state index in [0.29, 0.717) is 0 Å². The Bertz CT molecular complexity index is 471. The predicted molar refractivity (Wildman–Crippen MR) is 80.1 cm³/mol. The van der Waals surface area contributed by atoms with Gasteiger partial charge in [-0.2, -0.15) is 0 Å². The first-order chi connectivity index (χ1) is 8.77. The number of hydrogen-bond acceptors (Lipinski definition) is 1. The van der Waals surface area contributed by atoms with Gasteiger partial charge in [-0.3, -0.25) is 4.98 Å². The number of aromatic nitrogens is 1. The van der Waals surface area contributed by atoms with Gasteiger partial charge in [0.25, 0.3) is 0 Å². The van der Waals surface area contributed by atoms with E-state index in [1.807, 2.05) is 36.4 Å². The number of pyridine rings is 1. The average Bonchev–Trinajstić information content (AvgIpc) is 2.49. The van der Waals surface area contributed by atoms with Gasteiger partial charge in [-0.15, -0.1) is 0 Å². The fourth-order valence-electron chi connectivity index (χ4n) is 1.37. The Hall–Kier alpha value is -2.15. The first-order valence-electron chi connectivity index (χ1n) is 6.04. The topological polar surface area (TPSA) is 12.9 Å². The quantitative estimate of drug-likeness (QED) is 0.744. The highest BCUT2D eigenvalue weighted by Crippen LogP contribution is 2.13. The highest BCUT2D eigenvalue weighted by atomic mass is 14.6. The van der Waals surface area contributed by atoms with Crippen LogP contribution in [-0.4, -0.2) is 4.98 Å². The van der Waals surface area contributed by atoms with E-state index in [9.17, 15) is 0 Å². The number of benzene rings is 1. The van der Waals surface area contributed by atoms with Crippen molar-refractivity contribution >= 4 is 11.6 Å². The summed E-state index contributed by atoms with van der Waals surface area (Å²) in [6.45, 7) is 9.63. The molecule has 0 saturated heterocycles. The molecule has 0 amide bonds. The third-order valence-corrected chi connectivity index (χ3v) is 2.51. The second kappa shape index (κ2) is 8.02. The SMILES string of the molecule is C=C(CC)c1ccccc1.C=Cc1ccccn1. The molecule has 0 radical (unpaired) electrons. The summed E-state index contributed by atoms with van der Waals surface area (Å²) in [5.74, 6) is 0. The van der Waals surface area contributed by atoms with Crippen LogP contribution in [0.5, 0.6) is 0 Å². The summed E-state index contributed by atoms with van der Waals surface area (Å²) in [6, 6.07) is 16.0. The lowest BCUT2D eigenvalue weighted by molar-refractivity contribution is 1.24. The summed E-state index contributed by atoms with van der Waals surface area (Å²) in [5.41, 5.74) is 3.39. The van der Waals surface area contributed by atoms with E-state index < -0.39 is 0 Å². The van der Waals surface area contributed by atoms with Crippen molar-refractivity contribution in [3.8, 4) is 0 Å². The molecule has 1 aromatic carbocycles. The van der Waals surface area contributed by atoms with Gasteiger partial charge in [0.05, 0.1) is 5.69 Å². The van der Waals surface area contributed by atoms with Gasteiger partial charge in [0.15, 0.2) is 0 Å². The minimum absolute atomic E-state index is 0.924. The van der Waals surface area contributed by atoms with E-state index in [-0.39, 0.29) is 0 Å². The van der Waals surface area contributed by atoms with E-state index in [4.69, 9.17) is 0 Å². The second-order valence-electron chi connectivity index (χ2n) is 3.78. The molecule has 0 aliphatic rings. The molecular weight excluding hydrogens is 218 g/mol. The number of allylic oxidation sites excluding steroid dienone is 1. The van der Waals surface area contributed by atoms with E-state index >= 15 is 0 Å². The van der Waals surface area contributed by atoms with Crippen LogP contribution in [0.4, 0.5) is 0 Å². The van der Waals surface area contributed by atoms with Crippen LogP contribution in [0.3, 0.4) is 0 Å².